The first kappa shape index (κ1) is 15.3. The van der Waals surface area contributed by atoms with Gasteiger partial charge in [0.15, 0.2) is 6.10 Å². The van der Waals surface area contributed by atoms with E-state index in [2.05, 4.69) is 26.6 Å². The van der Waals surface area contributed by atoms with Crippen LogP contribution in [0.15, 0.2) is 28.7 Å². The lowest BCUT2D eigenvalue weighted by Gasteiger charge is -2.24. The minimum atomic E-state index is -0.495. The summed E-state index contributed by atoms with van der Waals surface area (Å²) in [6.07, 6.45) is 1.86. The number of carbonyl (C=O) groups excluding carboxylic acids is 1. The topological polar surface area (TPSA) is 50.4 Å². The molecule has 1 aromatic rings. The third-order valence-electron chi connectivity index (χ3n) is 3.47. The molecule has 2 atom stereocenters. The fourth-order valence-electron chi connectivity index (χ4n) is 2.27. The highest BCUT2D eigenvalue weighted by Gasteiger charge is 2.18. The predicted octanol–water partition coefficient (Wildman–Crippen LogP) is 2.33. The second-order valence-corrected chi connectivity index (χ2v) is 6.00. The van der Waals surface area contributed by atoms with Gasteiger partial charge in [0, 0.05) is 6.54 Å². The molecule has 2 rings (SSSR count). The lowest BCUT2D eigenvalue weighted by molar-refractivity contribution is -0.127. The van der Waals surface area contributed by atoms with Gasteiger partial charge < -0.3 is 15.4 Å². The van der Waals surface area contributed by atoms with E-state index >= 15 is 0 Å². The van der Waals surface area contributed by atoms with Crippen molar-refractivity contribution in [1.82, 2.24) is 10.6 Å². The fourth-order valence-corrected chi connectivity index (χ4v) is 2.65. The van der Waals surface area contributed by atoms with E-state index in [0.717, 1.165) is 24.1 Å². The van der Waals surface area contributed by atoms with E-state index in [1.54, 1.807) is 6.92 Å². The first-order valence-corrected chi connectivity index (χ1v) is 7.85. The maximum Gasteiger partial charge on any atom is 0.260 e. The van der Waals surface area contributed by atoms with E-state index in [1.807, 2.05) is 24.3 Å². The zero-order valence-electron chi connectivity index (χ0n) is 11.7. The Bertz CT molecular complexity index is 447. The van der Waals surface area contributed by atoms with Gasteiger partial charge in [0.25, 0.3) is 5.91 Å². The molecule has 1 aliphatic heterocycles. The molecule has 1 saturated heterocycles. The summed E-state index contributed by atoms with van der Waals surface area (Å²) >= 11 is 3.41. The van der Waals surface area contributed by atoms with Gasteiger partial charge in [-0.15, -0.1) is 0 Å². The highest BCUT2D eigenvalue weighted by molar-refractivity contribution is 9.10. The number of hydrogen-bond donors (Lipinski definition) is 2. The summed E-state index contributed by atoms with van der Waals surface area (Å²) in [5, 5.41) is 6.32. The molecule has 2 unspecified atom stereocenters. The van der Waals surface area contributed by atoms with Crippen molar-refractivity contribution in [3.63, 3.8) is 0 Å². The summed E-state index contributed by atoms with van der Waals surface area (Å²) in [6, 6.07) is 7.54. The Morgan fingerprint density at radius 3 is 3.05 bits per heavy atom. The zero-order chi connectivity index (χ0) is 14.4. The van der Waals surface area contributed by atoms with E-state index in [4.69, 9.17) is 4.74 Å². The van der Waals surface area contributed by atoms with Gasteiger partial charge >= 0.3 is 0 Å². The minimum Gasteiger partial charge on any atom is -0.480 e. The number of amides is 1. The molecule has 0 bridgehead atoms. The predicted molar refractivity (Wildman–Crippen MR) is 82.8 cm³/mol. The second-order valence-electron chi connectivity index (χ2n) is 5.15. The number of benzene rings is 1. The molecule has 0 aromatic heterocycles. The summed E-state index contributed by atoms with van der Waals surface area (Å²) in [7, 11) is 0. The smallest absolute Gasteiger partial charge is 0.260 e. The first-order valence-electron chi connectivity index (χ1n) is 7.06. The molecule has 1 aliphatic rings. The molecule has 1 aromatic carbocycles. The lowest BCUT2D eigenvalue weighted by atomic mass is 10.00. The number of para-hydroxylation sites is 1. The van der Waals surface area contributed by atoms with Crippen LogP contribution < -0.4 is 15.4 Å². The van der Waals surface area contributed by atoms with Crippen LogP contribution in [0.1, 0.15) is 19.8 Å². The van der Waals surface area contributed by atoms with Crippen molar-refractivity contribution >= 4 is 21.8 Å². The number of nitrogens with one attached hydrogen (secondary N) is 2. The van der Waals surface area contributed by atoms with Crippen LogP contribution in [0, 0.1) is 5.92 Å². The van der Waals surface area contributed by atoms with E-state index in [1.165, 1.54) is 12.8 Å². The molecule has 0 saturated carbocycles. The summed E-state index contributed by atoms with van der Waals surface area (Å²) < 4.78 is 6.53. The Kier molecular flexibility index (Phi) is 5.86. The number of ether oxygens (including phenoxy) is 1. The molecule has 0 aliphatic carbocycles. The van der Waals surface area contributed by atoms with Gasteiger partial charge in [-0.2, -0.15) is 0 Å². The van der Waals surface area contributed by atoms with Crippen LogP contribution in [-0.4, -0.2) is 31.6 Å². The van der Waals surface area contributed by atoms with Crippen LogP contribution in [0.4, 0.5) is 0 Å². The van der Waals surface area contributed by atoms with E-state index in [0.29, 0.717) is 11.7 Å². The molecule has 2 N–H and O–H groups in total. The Balaban J connectivity index is 1.78. The average Bonchev–Trinajstić information content (AvgIpc) is 2.48. The first-order chi connectivity index (χ1) is 9.66. The molecule has 1 amide bonds. The number of hydrogen-bond acceptors (Lipinski definition) is 3. The minimum absolute atomic E-state index is 0.0636. The summed E-state index contributed by atoms with van der Waals surface area (Å²) in [5.41, 5.74) is 0. The molecular weight excluding hydrogens is 320 g/mol. The quantitative estimate of drug-likeness (QED) is 0.864. The number of piperidine rings is 1. The summed E-state index contributed by atoms with van der Waals surface area (Å²) in [4.78, 5) is 12.0. The number of halogens is 1. The summed E-state index contributed by atoms with van der Waals surface area (Å²) in [5.74, 6) is 1.16. The molecule has 1 heterocycles. The molecule has 5 heteroatoms. The lowest BCUT2D eigenvalue weighted by Crippen LogP contribution is -2.42. The van der Waals surface area contributed by atoms with E-state index < -0.39 is 6.10 Å². The van der Waals surface area contributed by atoms with Crippen LogP contribution in [-0.2, 0) is 4.79 Å². The number of carbonyl (C=O) groups is 1. The maximum absolute atomic E-state index is 12.0. The largest absolute Gasteiger partial charge is 0.480 e. The normalized spacial score (nSPS) is 20.2. The van der Waals surface area contributed by atoms with Crippen molar-refractivity contribution in [2.24, 2.45) is 5.92 Å². The van der Waals surface area contributed by atoms with Crippen LogP contribution in [0.2, 0.25) is 0 Å². The molecular formula is C15H21BrN2O2. The van der Waals surface area contributed by atoms with Gasteiger partial charge in [-0.3, -0.25) is 4.79 Å². The summed E-state index contributed by atoms with van der Waals surface area (Å²) in [6.45, 7) is 4.56. The molecule has 4 nitrogen and oxygen atoms in total. The fraction of sp³-hybridized carbons (Fsp3) is 0.533. The van der Waals surface area contributed by atoms with Crippen molar-refractivity contribution in [3.8, 4) is 5.75 Å². The maximum atomic E-state index is 12.0. The van der Waals surface area contributed by atoms with Gasteiger partial charge in [-0.1, -0.05) is 12.1 Å². The van der Waals surface area contributed by atoms with Crippen LogP contribution in [0.5, 0.6) is 5.75 Å². The van der Waals surface area contributed by atoms with E-state index in [-0.39, 0.29) is 5.91 Å². The standard InChI is InChI=1S/C15H21BrN2O2/c1-11(20-14-7-3-2-6-13(14)16)15(19)18-10-12-5-4-8-17-9-12/h2-3,6-7,11-12,17H,4-5,8-10H2,1H3,(H,18,19). The van der Waals surface area contributed by atoms with Crippen molar-refractivity contribution < 1.29 is 9.53 Å². The van der Waals surface area contributed by atoms with Gasteiger partial charge in [-0.05, 0) is 66.8 Å². The third-order valence-corrected chi connectivity index (χ3v) is 4.13. The van der Waals surface area contributed by atoms with Crippen molar-refractivity contribution in [2.45, 2.75) is 25.9 Å². The van der Waals surface area contributed by atoms with E-state index in [9.17, 15) is 4.79 Å². The average molecular weight is 341 g/mol. The molecule has 20 heavy (non-hydrogen) atoms. The highest BCUT2D eigenvalue weighted by atomic mass is 79.9. The van der Waals surface area contributed by atoms with Crippen LogP contribution in [0.3, 0.4) is 0 Å². The SMILES string of the molecule is CC(Oc1ccccc1Br)C(=O)NCC1CCCNC1. The van der Waals surface area contributed by atoms with Crippen molar-refractivity contribution in [3.05, 3.63) is 28.7 Å². The molecule has 1 fully saturated rings. The molecule has 110 valence electrons. The van der Waals surface area contributed by atoms with Crippen molar-refractivity contribution in [2.75, 3.05) is 19.6 Å². The number of rotatable bonds is 5. The Hall–Kier alpha value is -1.07. The van der Waals surface area contributed by atoms with Crippen molar-refractivity contribution in [1.29, 1.82) is 0 Å². The molecule has 0 radical (unpaired) electrons. The molecule has 0 spiro atoms. The second kappa shape index (κ2) is 7.64. The zero-order valence-corrected chi connectivity index (χ0v) is 13.3. The van der Waals surface area contributed by atoms with Crippen LogP contribution >= 0.6 is 15.9 Å². The van der Waals surface area contributed by atoms with Gasteiger partial charge in [0.2, 0.25) is 0 Å². The van der Waals surface area contributed by atoms with Gasteiger partial charge in [-0.25, -0.2) is 0 Å². The third kappa shape index (κ3) is 4.49. The van der Waals surface area contributed by atoms with Gasteiger partial charge in [0.1, 0.15) is 5.75 Å². The highest BCUT2D eigenvalue weighted by Crippen LogP contribution is 2.24. The Morgan fingerprint density at radius 2 is 2.35 bits per heavy atom. The Labute approximate surface area is 128 Å². The monoisotopic (exact) mass is 340 g/mol. The van der Waals surface area contributed by atoms with Crippen LogP contribution in [0.25, 0.3) is 0 Å². The van der Waals surface area contributed by atoms with Gasteiger partial charge in [0.05, 0.1) is 4.47 Å². The Morgan fingerprint density at radius 1 is 1.55 bits per heavy atom.